The summed E-state index contributed by atoms with van der Waals surface area (Å²) in [5.74, 6) is 0.927. The van der Waals surface area contributed by atoms with Crippen LogP contribution in [0.3, 0.4) is 0 Å². The molecule has 0 aliphatic carbocycles. The zero-order valence-electron chi connectivity index (χ0n) is 10.9. The van der Waals surface area contributed by atoms with Crippen molar-refractivity contribution in [3.05, 3.63) is 45.9 Å². The number of nitrogens with one attached hydrogen (secondary N) is 1. The van der Waals surface area contributed by atoms with Gasteiger partial charge in [-0.1, -0.05) is 18.2 Å². The molecule has 96 valence electrons. The first-order valence-electron chi connectivity index (χ1n) is 5.98. The first-order valence-corrected chi connectivity index (χ1v) is 6.80. The third-order valence-electron chi connectivity index (χ3n) is 2.97. The molecular formula is C14H18N2OS. The van der Waals surface area contributed by atoms with Crippen LogP contribution in [0.15, 0.2) is 30.5 Å². The molecule has 0 fully saturated rings. The van der Waals surface area contributed by atoms with Crippen molar-refractivity contribution in [2.75, 3.05) is 14.2 Å². The maximum atomic E-state index is 5.36. The van der Waals surface area contributed by atoms with Gasteiger partial charge in [0.2, 0.25) is 0 Å². The van der Waals surface area contributed by atoms with Crippen LogP contribution in [0.1, 0.15) is 28.4 Å². The minimum Gasteiger partial charge on any atom is -0.496 e. The Morgan fingerprint density at radius 2 is 2.17 bits per heavy atom. The summed E-state index contributed by atoms with van der Waals surface area (Å²) in [4.78, 5) is 5.74. The lowest BCUT2D eigenvalue weighted by Crippen LogP contribution is -2.10. The Kier molecular flexibility index (Phi) is 4.33. The fraction of sp³-hybridized carbons (Fsp3) is 0.357. The molecule has 2 rings (SSSR count). The lowest BCUT2D eigenvalue weighted by atomic mass is 10.1. The van der Waals surface area contributed by atoms with E-state index in [4.69, 9.17) is 4.74 Å². The van der Waals surface area contributed by atoms with Crippen molar-refractivity contribution in [3.63, 3.8) is 0 Å². The number of hydrogen-bond acceptors (Lipinski definition) is 4. The molecule has 3 nitrogen and oxygen atoms in total. The van der Waals surface area contributed by atoms with E-state index in [1.54, 1.807) is 18.4 Å². The van der Waals surface area contributed by atoms with Gasteiger partial charge < -0.3 is 10.1 Å². The number of benzene rings is 1. The first-order chi connectivity index (χ1) is 8.74. The Morgan fingerprint density at radius 3 is 2.89 bits per heavy atom. The summed E-state index contributed by atoms with van der Waals surface area (Å²) in [6.45, 7) is 2.14. The molecule has 0 radical (unpaired) electrons. The molecule has 0 saturated carbocycles. The molecule has 0 saturated heterocycles. The molecule has 1 aromatic heterocycles. The monoisotopic (exact) mass is 262 g/mol. The maximum Gasteiger partial charge on any atom is 0.122 e. The SMILES string of the molecule is CNC(C)c1cnc(Cc2ccccc2OC)s1. The standard InChI is InChI=1S/C14H18N2OS/c1-10(15-2)13-9-16-14(18-13)8-11-6-4-5-7-12(11)17-3/h4-7,9-10,15H,8H2,1-3H3. The van der Waals surface area contributed by atoms with Gasteiger partial charge in [-0.25, -0.2) is 4.98 Å². The van der Waals surface area contributed by atoms with Gasteiger partial charge >= 0.3 is 0 Å². The summed E-state index contributed by atoms with van der Waals surface area (Å²) in [7, 11) is 3.67. The van der Waals surface area contributed by atoms with Crippen molar-refractivity contribution in [2.24, 2.45) is 0 Å². The van der Waals surface area contributed by atoms with Crippen LogP contribution >= 0.6 is 11.3 Å². The highest BCUT2D eigenvalue weighted by Crippen LogP contribution is 2.25. The fourth-order valence-corrected chi connectivity index (χ4v) is 2.77. The molecule has 2 aromatic rings. The second-order valence-corrected chi connectivity index (χ2v) is 5.30. The summed E-state index contributed by atoms with van der Waals surface area (Å²) in [6, 6.07) is 8.44. The fourth-order valence-electron chi connectivity index (χ4n) is 1.76. The number of methoxy groups -OCH3 is 1. The summed E-state index contributed by atoms with van der Waals surface area (Å²) < 4.78 is 5.36. The number of ether oxygens (including phenoxy) is 1. The number of hydrogen-bond donors (Lipinski definition) is 1. The number of aromatic nitrogens is 1. The third kappa shape index (κ3) is 2.89. The van der Waals surface area contributed by atoms with Crippen LogP contribution in [-0.4, -0.2) is 19.1 Å². The van der Waals surface area contributed by atoms with Crippen LogP contribution in [-0.2, 0) is 6.42 Å². The molecule has 1 N–H and O–H groups in total. The first kappa shape index (κ1) is 13.1. The second-order valence-electron chi connectivity index (χ2n) is 4.16. The molecule has 18 heavy (non-hydrogen) atoms. The van der Waals surface area contributed by atoms with E-state index >= 15 is 0 Å². The number of para-hydroxylation sites is 1. The molecule has 1 heterocycles. The van der Waals surface area contributed by atoms with Crippen LogP contribution < -0.4 is 10.1 Å². The van der Waals surface area contributed by atoms with Crippen LogP contribution in [0.5, 0.6) is 5.75 Å². The molecule has 1 aromatic carbocycles. The molecular weight excluding hydrogens is 244 g/mol. The molecule has 0 spiro atoms. The molecule has 0 amide bonds. The molecule has 0 aliphatic heterocycles. The van der Waals surface area contributed by atoms with Crippen LogP contribution in [0.2, 0.25) is 0 Å². The molecule has 4 heteroatoms. The number of rotatable bonds is 5. The van der Waals surface area contributed by atoms with Crippen molar-refractivity contribution in [3.8, 4) is 5.75 Å². The van der Waals surface area contributed by atoms with Crippen molar-refractivity contribution >= 4 is 11.3 Å². The Labute approximate surface area is 112 Å². The summed E-state index contributed by atoms with van der Waals surface area (Å²) in [5, 5.41) is 4.35. The largest absolute Gasteiger partial charge is 0.496 e. The van der Waals surface area contributed by atoms with Crippen molar-refractivity contribution < 1.29 is 4.74 Å². The number of thiazole rings is 1. The topological polar surface area (TPSA) is 34.2 Å². The van der Waals surface area contributed by atoms with Crippen molar-refractivity contribution in [1.29, 1.82) is 0 Å². The van der Waals surface area contributed by atoms with Crippen LogP contribution in [0.25, 0.3) is 0 Å². The second kappa shape index (κ2) is 5.98. The molecule has 0 bridgehead atoms. The van der Waals surface area contributed by atoms with E-state index in [-0.39, 0.29) is 0 Å². The minimum atomic E-state index is 0.355. The van der Waals surface area contributed by atoms with Gasteiger partial charge in [0.25, 0.3) is 0 Å². The number of nitrogens with zero attached hydrogens (tertiary/aromatic N) is 1. The highest BCUT2D eigenvalue weighted by atomic mass is 32.1. The van der Waals surface area contributed by atoms with E-state index < -0.39 is 0 Å². The maximum absolute atomic E-state index is 5.36. The highest BCUT2D eigenvalue weighted by molar-refractivity contribution is 7.11. The van der Waals surface area contributed by atoms with Crippen molar-refractivity contribution in [1.82, 2.24) is 10.3 Å². The average Bonchev–Trinajstić information content (AvgIpc) is 2.87. The molecule has 1 atom stereocenters. The lowest BCUT2D eigenvalue weighted by Gasteiger charge is -2.06. The van der Waals surface area contributed by atoms with Gasteiger partial charge in [-0.05, 0) is 20.0 Å². The molecule has 0 aliphatic rings. The Hall–Kier alpha value is -1.39. The summed E-state index contributed by atoms with van der Waals surface area (Å²) in [5.41, 5.74) is 1.18. The van der Waals surface area contributed by atoms with Gasteiger partial charge in [-0.3, -0.25) is 0 Å². The lowest BCUT2D eigenvalue weighted by molar-refractivity contribution is 0.410. The molecule has 1 unspecified atom stereocenters. The van der Waals surface area contributed by atoms with Gasteiger partial charge in [0, 0.05) is 29.1 Å². The normalized spacial score (nSPS) is 12.4. The summed E-state index contributed by atoms with van der Waals surface area (Å²) >= 11 is 1.75. The van der Waals surface area contributed by atoms with E-state index in [1.165, 1.54) is 10.4 Å². The van der Waals surface area contributed by atoms with E-state index in [1.807, 2.05) is 31.4 Å². The van der Waals surface area contributed by atoms with Crippen LogP contribution in [0, 0.1) is 0 Å². The van der Waals surface area contributed by atoms with Gasteiger partial charge in [0.05, 0.1) is 12.1 Å². The average molecular weight is 262 g/mol. The Morgan fingerprint density at radius 1 is 1.39 bits per heavy atom. The van der Waals surface area contributed by atoms with Crippen molar-refractivity contribution in [2.45, 2.75) is 19.4 Å². The Balaban J connectivity index is 2.16. The van der Waals surface area contributed by atoms with Gasteiger partial charge in [-0.15, -0.1) is 11.3 Å². The summed E-state index contributed by atoms with van der Waals surface area (Å²) in [6.07, 6.45) is 2.78. The van der Waals surface area contributed by atoms with E-state index in [9.17, 15) is 0 Å². The van der Waals surface area contributed by atoms with Gasteiger partial charge in [0.1, 0.15) is 5.75 Å². The smallest absolute Gasteiger partial charge is 0.122 e. The quantitative estimate of drug-likeness (QED) is 0.899. The van der Waals surface area contributed by atoms with E-state index in [0.29, 0.717) is 6.04 Å². The Bertz CT molecular complexity index is 510. The van der Waals surface area contributed by atoms with Gasteiger partial charge in [-0.2, -0.15) is 0 Å². The van der Waals surface area contributed by atoms with E-state index in [0.717, 1.165) is 17.2 Å². The van der Waals surface area contributed by atoms with Gasteiger partial charge in [0.15, 0.2) is 0 Å². The van der Waals surface area contributed by atoms with Crippen LogP contribution in [0.4, 0.5) is 0 Å². The third-order valence-corrected chi connectivity index (χ3v) is 4.15. The highest BCUT2D eigenvalue weighted by Gasteiger charge is 2.10. The minimum absolute atomic E-state index is 0.355. The predicted octanol–water partition coefficient (Wildman–Crippen LogP) is 3.02. The van der Waals surface area contributed by atoms with E-state index in [2.05, 4.69) is 23.3 Å². The zero-order chi connectivity index (χ0) is 13.0. The predicted molar refractivity (Wildman–Crippen MR) is 75.4 cm³/mol. The zero-order valence-corrected chi connectivity index (χ0v) is 11.8.